The van der Waals surface area contributed by atoms with Crippen LogP contribution in [0.15, 0.2) is 6.20 Å². The second-order valence-electron chi connectivity index (χ2n) is 4.45. The number of hydrogen-bond acceptors (Lipinski definition) is 5. The van der Waals surface area contributed by atoms with Gasteiger partial charge in [0.25, 0.3) is 0 Å². The van der Waals surface area contributed by atoms with Gasteiger partial charge >= 0.3 is 0 Å². The van der Waals surface area contributed by atoms with E-state index in [1.54, 1.807) is 0 Å². The molecule has 1 aliphatic heterocycles. The molecule has 0 spiro atoms. The van der Waals surface area contributed by atoms with Crippen LogP contribution >= 0.6 is 0 Å². The fraction of sp³-hybridized carbons (Fsp3) is 0.667. The van der Waals surface area contributed by atoms with Gasteiger partial charge in [-0.25, -0.2) is 9.97 Å². The van der Waals surface area contributed by atoms with Crippen molar-refractivity contribution in [2.75, 3.05) is 37.7 Å². The van der Waals surface area contributed by atoms with Crippen molar-refractivity contribution in [3.63, 3.8) is 0 Å². The van der Waals surface area contributed by atoms with Crippen molar-refractivity contribution < 1.29 is 4.74 Å². The number of aromatic nitrogens is 2. The third-order valence-electron chi connectivity index (χ3n) is 3.18. The Labute approximate surface area is 102 Å². The van der Waals surface area contributed by atoms with E-state index in [1.165, 1.54) is 0 Å². The molecule has 5 nitrogen and oxygen atoms in total. The summed E-state index contributed by atoms with van der Waals surface area (Å²) in [6.45, 7) is 7.98. The first-order valence-corrected chi connectivity index (χ1v) is 6.08. The van der Waals surface area contributed by atoms with Crippen molar-refractivity contribution in [2.45, 2.75) is 19.8 Å². The Morgan fingerprint density at radius 3 is 2.76 bits per heavy atom. The summed E-state index contributed by atoms with van der Waals surface area (Å²) in [4.78, 5) is 11.2. The highest BCUT2D eigenvalue weighted by atomic mass is 16.5. The van der Waals surface area contributed by atoms with Gasteiger partial charge in [0, 0.05) is 25.0 Å². The quantitative estimate of drug-likeness (QED) is 0.836. The largest absolute Gasteiger partial charge is 0.378 e. The molecule has 94 valence electrons. The number of rotatable bonds is 3. The minimum absolute atomic E-state index is 0.314. The van der Waals surface area contributed by atoms with E-state index in [2.05, 4.69) is 21.8 Å². The van der Waals surface area contributed by atoms with Gasteiger partial charge in [-0.2, -0.15) is 0 Å². The van der Waals surface area contributed by atoms with Crippen LogP contribution in [0.3, 0.4) is 0 Å². The van der Waals surface area contributed by atoms with E-state index in [4.69, 9.17) is 10.5 Å². The van der Waals surface area contributed by atoms with Gasteiger partial charge in [0.15, 0.2) is 0 Å². The minimum Gasteiger partial charge on any atom is -0.378 e. The molecule has 17 heavy (non-hydrogen) atoms. The van der Waals surface area contributed by atoms with Crippen LogP contribution in [0.5, 0.6) is 0 Å². The van der Waals surface area contributed by atoms with Crippen molar-refractivity contribution in [2.24, 2.45) is 5.73 Å². The molecule has 0 radical (unpaired) electrons. The summed E-state index contributed by atoms with van der Waals surface area (Å²) in [5.74, 6) is 1.12. The van der Waals surface area contributed by atoms with Crippen LogP contribution in [0, 0.1) is 6.92 Å². The Morgan fingerprint density at radius 2 is 2.18 bits per heavy atom. The van der Waals surface area contributed by atoms with Crippen LogP contribution < -0.4 is 10.6 Å². The molecule has 2 heterocycles. The molecule has 1 aromatic heterocycles. The van der Waals surface area contributed by atoms with Gasteiger partial charge in [-0.1, -0.05) is 6.92 Å². The van der Waals surface area contributed by atoms with E-state index >= 15 is 0 Å². The topological polar surface area (TPSA) is 64.3 Å². The molecular weight excluding hydrogens is 216 g/mol. The Bertz CT molecular complexity index is 377. The first-order valence-electron chi connectivity index (χ1n) is 6.08. The summed E-state index contributed by atoms with van der Waals surface area (Å²) in [5, 5.41) is 0. The second-order valence-corrected chi connectivity index (χ2v) is 4.45. The molecule has 1 fully saturated rings. The number of morpholine rings is 1. The summed E-state index contributed by atoms with van der Waals surface area (Å²) in [5.41, 5.74) is 7.84. The number of ether oxygens (including phenoxy) is 1. The van der Waals surface area contributed by atoms with Gasteiger partial charge in [-0.15, -0.1) is 0 Å². The first-order chi connectivity index (χ1) is 8.22. The molecule has 0 amide bonds. The number of anilines is 1. The first kappa shape index (κ1) is 12.3. The molecule has 2 N–H and O–H groups in total. The molecule has 0 aromatic carbocycles. The van der Waals surface area contributed by atoms with Crippen molar-refractivity contribution >= 4 is 5.95 Å². The van der Waals surface area contributed by atoms with E-state index < -0.39 is 0 Å². The Morgan fingerprint density at radius 1 is 1.47 bits per heavy atom. The highest BCUT2D eigenvalue weighted by molar-refractivity contribution is 5.34. The maximum Gasteiger partial charge on any atom is 0.225 e. The lowest BCUT2D eigenvalue weighted by molar-refractivity contribution is 0.122. The smallest absolute Gasteiger partial charge is 0.225 e. The van der Waals surface area contributed by atoms with E-state index in [0.717, 1.165) is 43.5 Å². The van der Waals surface area contributed by atoms with Gasteiger partial charge in [0.2, 0.25) is 5.95 Å². The number of nitrogens with zero attached hydrogens (tertiary/aromatic N) is 3. The Balaban J connectivity index is 2.17. The highest BCUT2D eigenvalue weighted by Crippen LogP contribution is 2.19. The zero-order valence-electron chi connectivity index (χ0n) is 10.5. The summed E-state index contributed by atoms with van der Waals surface area (Å²) >= 11 is 0. The number of aryl methyl sites for hydroxylation is 1. The predicted molar refractivity (Wildman–Crippen MR) is 67.3 cm³/mol. The summed E-state index contributed by atoms with van der Waals surface area (Å²) in [6.07, 6.45) is 1.91. The van der Waals surface area contributed by atoms with Gasteiger partial charge in [-0.05, 0) is 24.9 Å². The average Bonchev–Trinajstić information content (AvgIpc) is 2.39. The van der Waals surface area contributed by atoms with E-state index in [9.17, 15) is 0 Å². The molecule has 1 unspecified atom stereocenters. The summed E-state index contributed by atoms with van der Waals surface area (Å²) < 4.78 is 5.32. The van der Waals surface area contributed by atoms with Crippen molar-refractivity contribution in [1.29, 1.82) is 0 Å². The zero-order chi connectivity index (χ0) is 12.3. The minimum atomic E-state index is 0.314. The Hall–Kier alpha value is -1.20. The molecule has 2 rings (SSSR count). The van der Waals surface area contributed by atoms with Crippen LogP contribution in [0.2, 0.25) is 0 Å². The maximum atomic E-state index is 5.67. The van der Waals surface area contributed by atoms with Gasteiger partial charge in [-0.3, -0.25) is 0 Å². The monoisotopic (exact) mass is 236 g/mol. The second kappa shape index (κ2) is 5.42. The SMILES string of the molecule is Cc1nc(N2CCOCC2)ncc1C(C)CN. The lowest BCUT2D eigenvalue weighted by Gasteiger charge is -2.27. The van der Waals surface area contributed by atoms with Gasteiger partial charge in [0.1, 0.15) is 0 Å². The average molecular weight is 236 g/mol. The third kappa shape index (κ3) is 2.73. The van der Waals surface area contributed by atoms with Crippen molar-refractivity contribution in [3.05, 3.63) is 17.5 Å². The third-order valence-corrected chi connectivity index (χ3v) is 3.18. The number of hydrogen-bond donors (Lipinski definition) is 1. The lowest BCUT2D eigenvalue weighted by atomic mass is 10.0. The zero-order valence-corrected chi connectivity index (χ0v) is 10.5. The highest BCUT2D eigenvalue weighted by Gasteiger charge is 2.16. The van der Waals surface area contributed by atoms with Crippen molar-refractivity contribution in [1.82, 2.24) is 9.97 Å². The van der Waals surface area contributed by atoms with E-state index in [-0.39, 0.29) is 0 Å². The van der Waals surface area contributed by atoms with Gasteiger partial charge in [0.05, 0.1) is 13.2 Å². The lowest BCUT2D eigenvalue weighted by Crippen LogP contribution is -2.37. The van der Waals surface area contributed by atoms with Gasteiger partial charge < -0.3 is 15.4 Å². The fourth-order valence-corrected chi connectivity index (χ4v) is 1.99. The molecular formula is C12H20N4O. The molecule has 1 aliphatic rings. The standard InChI is InChI=1S/C12H20N4O/c1-9(7-13)11-8-14-12(15-10(11)2)16-3-5-17-6-4-16/h8-9H,3-7,13H2,1-2H3. The maximum absolute atomic E-state index is 5.67. The predicted octanol–water partition coefficient (Wildman–Crippen LogP) is 0.684. The fourth-order valence-electron chi connectivity index (χ4n) is 1.99. The Kier molecular flexibility index (Phi) is 3.91. The van der Waals surface area contributed by atoms with Crippen LogP contribution in [0.4, 0.5) is 5.95 Å². The summed E-state index contributed by atoms with van der Waals surface area (Å²) in [6, 6.07) is 0. The van der Waals surface area contributed by atoms with E-state index in [1.807, 2.05) is 13.1 Å². The molecule has 1 atom stereocenters. The van der Waals surface area contributed by atoms with Crippen LogP contribution in [-0.4, -0.2) is 42.8 Å². The molecule has 0 bridgehead atoms. The molecule has 1 aromatic rings. The molecule has 1 saturated heterocycles. The van der Waals surface area contributed by atoms with Crippen LogP contribution in [0.25, 0.3) is 0 Å². The number of nitrogens with two attached hydrogens (primary N) is 1. The van der Waals surface area contributed by atoms with E-state index in [0.29, 0.717) is 12.5 Å². The van der Waals surface area contributed by atoms with Crippen LogP contribution in [0.1, 0.15) is 24.1 Å². The summed E-state index contributed by atoms with van der Waals surface area (Å²) in [7, 11) is 0. The molecule has 5 heteroatoms. The van der Waals surface area contributed by atoms with Crippen LogP contribution in [-0.2, 0) is 4.74 Å². The molecule has 0 aliphatic carbocycles. The molecule has 0 saturated carbocycles. The van der Waals surface area contributed by atoms with Crippen molar-refractivity contribution in [3.8, 4) is 0 Å². The normalized spacial score (nSPS) is 18.2.